The van der Waals surface area contributed by atoms with E-state index < -0.39 is 16.1 Å². The molecule has 0 saturated heterocycles. The lowest BCUT2D eigenvalue weighted by molar-refractivity contribution is 0.457. The fourth-order valence-electron chi connectivity index (χ4n) is 2.64. The molecule has 0 radical (unpaired) electrons. The summed E-state index contributed by atoms with van der Waals surface area (Å²) in [5.41, 5.74) is 0.872. The van der Waals surface area contributed by atoms with Crippen LogP contribution >= 0.6 is 0 Å². The lowest BCUT2D eigenvalue weighted by Gasteiger charge is -2.20. The Hall–Kier alpha value is -2.45. The van der Waals surface area contributed by atoms with Gasteiger partial charge in [-0.3, -0.25) is 9.36 Å². The normalized spacial score (nSPS) is 13.2. The Kier molecular flexibility index (Phi) is 5.00. The average molecular weight is 359 g/mol. The second-order valence-electron chi connectivity index (χ2n) is 6.02. The first-order chi connectivity index (χ1) is 12.0. The monoisotopic (exact) mass is 359 g/mol. The average Bonchev–Trinajstić information content (AvgIpc) is 3.26. The minimum Gasteiger partial charge on any atom is -0.271 e. The number of nitrogens with one attached hydrogen (secondary N) is 1. The predicted molar refractivity (Wildman–Crippen MR) is 94.3 cm³/mol. The lowest BCUT2D eigenvalue weighted by Crippen LogP contribution is -2.33. The quantitative estimate of drug-likeness (QED) is 0.702. The van der Waals surface area contributed by atoms with Crippen LogP contribution in [0.1, 0.15) is 31.5 Å². The van der Waals surface area contributed by atoms with Crippen molar-refractivity contribution in [3.05, 3.63) is 66.6 Å². The smallest absolute Gasteiger partial charge is 0.258 e. The highest BCUT2D eigenvalue weighted by molar-refractivity contribution is 7.89. The van der Waals surface area contributed by atoms with E-state index in [0.29, 0.717) is 6.54 Å². The van der Waals surface area contributed by atoms with Gasteiger partial charge in [-0.05, 0) is 31.5 Å². The first-order valence-electron chi connectivity index (χ1n) is 8.05. The number of benzene rings is 1. The van der Waals surface area contributed by atoms with Crippen LogP contribution in [0.25, 0.3) is 0 Å². The number of sulfonamides is 1. The third-order valence-corrected chi connectivity index (χ3v) is 5.30. The van der Waals surface area contributed by atoms with E-state index in [9.17, 15) is 8.42 Å². The van der Waals surface area contributed by atoms with Gasteiger partial charge in [0, 0.05) is 18.4 Å². The summed E-state index contributed by atoms with van der Waals surface area (Å²) in [5.74, 6) is 0. The summed E-state index contributed by atoms with van der Waals surface area (Å²) < 4.78 is 31.9. The third-order valence-electron chi connectivity index (χ3n) is 3.83. The van der Waals surface area contributed by atoms with Gasteiger partial charge in [0.05, 0.1) is 18.8 Å². The number of aromatic nitrogens is 4. The van der Waals surface area contributed by atoms with Crippen molar-refractivity contribution in [2.75, 3.05) is 0 Å². The van der Waals surface area contributed by atoms with Crippen LogP contribution in [0.5, 0.6) is 0 Å². The maximum absolute atomic E-state index is 12.9. The molecule has 1 N–H and O–H groups in total. The fraction of sp³-hybridized carbons (Fsp3) is 0.294. The standard InChI is InChI=1S/C17H21N5O2S/c1-14(2)22-17(9-11-19-22)25(23,24)20-16(13-21-12-6-10-18-21)15-7-4-3-5-8-15/h3-12,14,16,20H,13H2,1-2H3/t16-/m0/s1. The number of hydrogen-bond donors (Lipinski definition) is 1. The highest BCUT2D eigenvalue weighted by atomic mass is 32.2. The van der Waals surface area contributed by atoms with Gasteiger partial charge < -0.3 is 0 Å². The van der Waals surface area contributed by atoms with Gasteiger partial charge in [-0.1, -0.05) is 30.3 Å². The molecule has 0 aliphatic rings. The van der Waals surface area contributed by atoms with Gasteiger partial charge >= 0.3 is 0 Å². The molecule has 0 spiro atoms. The first-order valence-corrected chi connectivity index (χ1v) is 9.54. The molecule has 0 amide bonds. The number of nitrogens with zero attached hydrogens (tertiary/aromatic N) is 4. The van der Waals surface area contributed by atoms with Crippen LogP contribution in [0, 0.1) is 0 Å². The molecule has 8 heteroatoms. The summed E-state index contributed by atoms with van der Waals surface area (Å²) in [4.78, 5) is 0. The van der Waals surface area contributed by atoms with Gasteiger partial charge in [0.1, 0.15) is 0 Å². The van der Waals surface area contributed by atoms with Gasteiger partial charge in [0.2, 0.25) is 0 Å². The van der Waals surface area contributed by atoms with Crippen molar-refractivity contribution in [2.24, 2.45) is 0 Å². The summed E-state index contributed by atoms with van der Waals surface area (Å²) in [6.07, 6.45) is 4.98. The number of rotatable bonds is 7. The zero-order chi connectivity index (χ0) is 17.9. The molecule has 0 fully saturated rings. The Morgan fingerprint density at radius 3 is 2.44 bits per heavy atom. The van der Waals surface area contributed by atoms with E-state index in [1.165, 1.54) is 16.9 Å². The second kappa shape index (κ2) is 7.20. The SMILES string of the molecule is CC(C)n1nccc1S(=O)(=O)N[C@@H](Cn1cccn1)c1ccccc1. The molecule has 2 aromatic heterocycles. The van der Waals surface area contributed by atoms with Gasteiger partial charge in [0.25, 0.3) is 10.0 Å². The summed E-state index contributed by atoms with van der Waals surface area (Å²) in [6, 6.07) is 12.3. The lowest BCUT2D eigenvalue weighted by atomic mass is 10.1. The molecule has 0 aliphatic carbocycles. The molecule has 132 valence electrons. The zero-order valence-corrected chi connectivity index (χ0v) is 15.0. The van der Waals surface area contributed by atoms with Crippen molar-refractivity contribution in [1.29, 1.82) is 0 Å². The second-order valence-corrected chi connectivity index (χ2v) is 7.68. The van der Waals surface area contributed by atoms with Crippen molar-refractivity contribution in [2.45, 2.75) is 37.5 Å². The Bertz CT molecular complexity index is 902. The van der Waals surface area contributed by atoms with E-state index in [4.69, 9.17) is 0 Å². The molecule has 1 atom stereocenters. The van der Waals surface area contributed by atoms with Gasteiger partial charge in [-0.2, -0.15) is 10.2 Å². The molecule has 2 heterocycles. The van der Waals surface area contributed by atoms with Gasteiger partial charge in [0.15, 0.2) is 5.03 Å². The minimum atomic E-state index is -3.73. The third kappa shape index (κ3) is 3.97. The van der Waals surface area contributed by atoms with Crippen LogP contribution in [0.4, 0.5) is 0 Å². The first kappa shape index (κ1) is 17.4. The maximum atomic E-state index is 12.9. The predicted octanol–water partition coefficient (Wildman–Crippen LogP) is 2.38. The Morgan fingerprint density at radius 2 is 1.80 bits per heavy atom. The van der Waals surface area contributed by atoms with Crippen LogP contribution in [0.15, 0.2) is 66.1 Å². The molecule has 0 saturated carbocycles. The zero-order valence-electron chi connectivity index (χ0n) is 14.1. The largest absolute Gasteiger partial charge is 0.271 e. The molecule has 25 heavy (non-hydrogen) atoms. The summed E-state index contributed by atoms with van der Waals surface area (Å²) in [7, 11) is -3.73. The van der Waals surface area contributed by atoms with E-state index in [1.807, 2.05) is 56.4 Å². The van der Waals surface area contributed by atoms with Crippen molar-refractivity contribution >= 4 is 10.0 Å². The summed E-state index contributed by atoms with van der Waals surface area (Å²) in [5, 5.41) is 8.46. The molecule has 0 bridgehead atoms. The molecular formula is C17H21N5O2S. The van der Waals surface area contributed by atoms with Crippen molar-refractivity contribution in [3.63, 3.8) is 0 Å². The van der Waals surface area contributed by atoms with Crippen LogP contribution in [0.3, 0.4) is 0 Å². The van der Waals surface area contributed by atoms with E-state index in [2.05, 4.69) is 14.9 Å². The van der Waals surface area contributed by atoms with Gasteiger partial charge in [-0.25, -0.2) is 13.1 Å². The van der Waals surface area contributed by atoms with Gasteiger partial charge in [-0.15, -0.1) is 0 Å². The topological polar surface area (TPSA) is 81.8 Å². The van der Waals surface area contributed by atoms with E-state index in [-0.39, 0.29) is 11.1 Å². The molecule has 3 rings (SSSR count). The summed E-state index contributed by atoms with van der Waals surface area (Å²) in [6.45, 7) is 4.18. The molecule has 0 unspecified atom stereocenters. The number of hydrogen-bond acceptors (Lipinski definition) is 4. The Labute approximate surface area is 147 Å². The van der Waals surface area contributed by atoms with Crippen LogP contribution < -0.4 is 4.72 Å². The van der Waals surface area contributed by atoms with E-state index >= 15 is 0 Å². The summed E-state index contributed by atoms with van der Waals surface area (Å²) >= 11 is 0. The van der Waals surface area contributed by atoms with E-state index in [1.54, 1.807) is 10.9 Å². The molecular weight excluding hydrogens is 338 g/mol. The maximum Gasteiger partial charge on any atom is 0.258 e. The van der Waals surface area contributed by atoms with Crippen LogP contribution in [-0.2, 0) is 16.6 Å². The minimum absolute atomic E-state index is 0.0529. The Morgan fingerprint density at radius 1 is 1.04 bits per heavy atom. The van der Waals surface area contributed by atoms with Crippen LogP contribution in [0.2, 0.25) is 0 Å². The molecule has 7 nitrogen and oxygen atoms in total. The van der Waals surface area contributed by atoms with Crippen molar-refractivity contribution in [3.8, 4) is 0 Å². The Balaban J connectivity index is 1.92. The fourth-order valence-corrected chi connectivity index (χ4v) is 4.09. The molecule has 1 aromatic carbocycles. The van der Waals surface area contributed by atoms with Crippen molar-refractivity contribution in [1.82, 2.24) is 24.3 Å². The van der Waals surface area contributed by atoms with E-state index in [0.717, 1.165) is 5.56 Å². The highest BCUT2D eigenvalue weighted by Crippen LogP contribution is 2.20. The highest BCUT2D eigenvalue weighted by Gasteiger charge is 2.25. The van der Waals surface area contributed by atoms with Crippen LogP contribution in [-0.4, -0.2) is 28.0 Å². The molecule has 3 aromatic rings. The molecule has 0 aliphatic heterocycles. The van der Waals surface area contributed by atoms with Crippen molar-refractivity contribution < 1.29 is 8.42 Å².